The summed E-state index contributed by atoms with van der Waals surface area (Å²) < 4.78 is 11.1. The number of hydrogen-bond acceptors (Lipinski definition) is 5. The van der Waals surface area contributed by atoms with E-state index >= 15 is 0 Å². The minimum absolute atomic E-state index is 0. The summed E-state index contributed by atoms with van der Waals surface area (Å²) in [6.45, 7) is 7.58. The van der Waals surface area contributed by atoms with Gasteiger partial charge in [0, 0.05) is 19.1 Å². The molecule has 3 rings (SSSR count). The van der Waals surface area contributed by atoms with Crippen molar-refractivity contribution in [2.24, 2.45) is 11.1 Å². The number of carbonyl (C=O) groups excluding carboxylic acids is 2. The van der Waals surface area contributed by atoms with Crippen LogP contribution in [0.3, 0.4) is 0 Å². The number of likely N-dealkylation sites (tertiary alicyclic amines) is 1. The number of rotatable bonds is 6. The molecule has 2 aromatic rings. The standard InChI is InChI=1S/C24H33N3O4.ClH/c1-24(2,3)21(25)22(28)26-13-11-19(12-14-26)27(16-20-10-7-15-30-20)23(29)31-17-18-8-5-4-6-9-18;/h4-10,15,19,21H,11-14,16-17,25H2,1-3H3;1H. The molecule has 0 bridgehead atoms. The van der Waals surface area contributed by atoms with Crippen molar-refractivity contribution >= 4 is 24.4 Å². The number of hydrogen-bond donors (Lipinski definition) is 1. The number of nitrogens with two attached hydrogens (primary N) is 1. The Kier molecular flexibility index (Phi) is 9.16. The number of amides is 2. The van der Waals surface area contributed by atoms with Crippen molar-refractivity contribution in [3.05, 3.63) is 60.1 Å². The molecule has 2 amide bonds. The van der Waals surface area contributed by atoms with E-state index in [0.29, 0.717) is 38.2 Å². The van der Waals surface area contributed by atoms with Crippen LogP contribution >= 0.6 is 12.4 Å². The summed E-state index contributed by atoms with van der Waals surface area (Å²) in [4.78, 5) is 29.2. The van der Waals surface area contributed by atoms with Gasteiger partial charge < -0.3 is 19.8 Å². The molecule has 32 heavy (non-hydrogen) atoms. The molecule has 1 aliphatic rings. The Hall–Kier alpha value is -2.51. The second-order valence-electron chi connectivity index (χ2n) is 9.15. The number of piperidine rings is 1. The number of nitrogens with zero attached hydrogens (tertiary/aromatic N) is 2. The van der Waals surface area contributed by atoms with Gasteiger partial charge in [-0.1, -0.05) is 51.1 Å². The molecule has 1 aliphatic heterocycles. The van der Waals surface area contributed by atoms with Crippen molar-refractivity contribution in [2.45, 2.75) is 58.8 Å². The molecule has 2 N–H and O–H groups in total. The van der Waals surface area contributed by atoms with Gasteiger partial charge in [0.25, 0.3) is 0 Å². The average molecular weight is 464 g/mol. The Morgan fingerprint density at radius 1 is 1.16 bits per heavy atom. The number of furan rings is 1. The largest absolute Gasteiger partial charge is 0.467 e. The molecule has 0 spiro atoms. The second kappa shape index (κ2) is 11.4. The van der Waals surface area contributed by atoms with Crippen LogP contribution in [0.5, 0.6) is 0 Å². The van der Waals surface area contributed by atoms with Crippen LogP contribution in [0, 0.1) is 5.41 Å². The number of halogens is 1. The van der Waals surface area contributed by atoms with Crippen molar-refractivity contribution in [1.82, 2.24) is 9.80 Å². The van der Waals surface area contributed by atoms with E-state index in [1.54, 1.807) is 17.2 Å². The van der Waals surface area contributed by atoms with Crippen LogP contribution in [0.25, 0.3) is 0 Å². The lowest BCUT2D eigenvalue weighted by Crippen LogP contribution is -2.54. The SMILES string of the molecule is CC(C)(C)C(N)C(=O)N1CCC(N(Cc2ccco2)C(=O)OCc2ccccc2)CC1.Cl. The first kappa shape index (κ1) is 25.7. The normalized spacial score (nSPS) is 15.6. The summed E-state index contributed by atoms with van der Waals surface area (Å²) in [5.74, 6) is 0.667. The Balaban J connectivity index is 0.00000363. The molecule has 1 aromatic heterocycles. The summed E-state index contributed by atoms with van der Waals surface area (Å²) in [5.41, 5.74) is 6.81. The molecular weight excluding hydrogens is 430 g/mol. The Bertz CT molecular complexity index is 844. The van der Waals surface area contributed by atoms with Gasteiger partial charge in [-0.25, -0.2) is 4.79 Å². The quantitative estimate of drug-likeness (QED) is 0.693. The summed E-state index contributed by atoms with van der Waals surface area (Å²) in [7, 11) is 0. The van der Waals surface area contributed by atoms with Crippen LogP contribution in [-0.4, -0.2) is 47.0 Å². The highest BCUT2D eigenvalue weighted by atomic mass is 35.5. The van der Waals surface area contributed by atoms with E-state index < -0.39 is 6.04 Å². The summed E-state index contributed by atoms with van der Waals surface area (Å²) in [5, 5.41) is 0. The monoisotopic (exact) mass is 463 g/mol. The van der Waals surface area contributed by atoms with E-state index in [1.807, 2.05) is 62.1 Å². The van der Waals surface area contributed by atoms with Crippen LogP contribution < -0.4 is 5.73 Å². The fourth-order valence-corrected chi connectivity index (χ4v) is 3.68. The van der Waals surface area contributed by atoms with E-state index in [-0.39, 0.29) is 42.5 Å². The maximum Gasteiger partial charge on any atom is 0.410 e. The molecule has 0 aliphatic carbocycles. The molecule has 1 saturated heterocycles. The van der Waals surface area contributed by atoms with Gasteiger partial charge >= 0.3 is 6.09 Å². The zero-order chi connectivity index (χ0) is 22.4. The minimum atomic E-state index is -0.542. The Labute approximate surface area is 196 Å². The topological polar surface area (TPSA) is 89.0 Å². The van der Waals surface area contributed by atoms with Crippen molar-refractivity contribution in [2.75, 3.05) is 13.1 Å². The van der Waals surface area contributed by atoms with Crippen LogP contribution in [0.15, 0.2) is 53.1 Å². The van der Waals surface area contributed by atoms with E-state index in [0.717, 1.165) is 5.56 Å². The number of benzene rings is 1. The predicted octanol–water partition coefficient (Wildman–Crippen LogP) is 4.20. The fourth-order valence-electron chi connectivity index (χ4n) is 3.68. The zero-order valence-corrected chi connectivity index (χ0v) is 19.8. The maximum absolute atomic E-state index is 13.0. The Morgan fingerprint density at radius 2 is 1.81 bits per heavy atom. The third-order valence-electron chi connectivity index (χ3n) is 5.76. The first-order valence-electron chi connectivity index (χ1n) is 10.8. The van der Waals surface area contributed by atoms with E-state index in [1.165, 1.54) is 0 Å². The molecule has 2 heterocycles. The van der Waals surface area contributed by atoms with Crippen LogP contribution in [-0.2, 0) is 22.7 Å². The van der Waals surface area contributed by atoms with Gasteiger partial charge in [0.15, 0.2) is 0 Å². The summed E-state index contributed by atoms with van der Waals surface area (Å²) in [6, 6.07) is 12.7. The smallest absolute Gasteiger partial charge is 0.410 e. The first-order chi connectivity index (χ1) is 14.8. The molecule has 8 heteroatoms. The van der Waals surface area contributed by atoms with Gasteiger partial charge in [-0.15, -0.1) is 12.4 Å². The lowest BCUT2D eigenvalue weighted by molar-refractivity contribution is -0.136. The van der Waals surface area contributed by atoms with Crippen LogP contribution in [0.4, 0.5) is 4.79 Å². The van der Waals surface area contributed by atoms with E-state index in [4.69, 9.17) is 14.9 Å². The molecule has 1 fully saturated rings. The first-order valence-corrected chi connectivity index (χ1v) is 10.8. The molecule has 0 saturated carbocycles. The molecule has 0 radical (unpaired) electrons. The Morgan fingerprint density at radius 3 is 2.38 bits per heavy atom. The molecule has 1 atom stereocenters. The number of carbonyl (C=O) groups is 2. The second-order valence-corrected chi connectivity index (χ2v) is 9.15. The van der Waals surface area contributed by atoms with Crippen LogP contribution in [0.2, 0.25) is 0 Å². The third kappa shape index (κ3) is 6.74. The molecule has 7 nitrogen and oxygen atoms in total. The lowest BCUT2D eigenvalue weighted by atomic mass is 9.86. The third-order valence-corrected chi connectivity index (χ3v) is 5.76. The van der Waals surface area contributed by atoms with Gasteiger partial charge in [-0.05, 0) is 36.0 Å². The van der Waals surface area contributed by atoms with Gasteiger partial charge in [0.2, 0.25) is 5.91 Å². The van der Waals surface area contributed by atoms with Gasteiger partial charge in [0.05, 0.1) is 18.8 Å². The molecular formula is C24H34ClN3O4. The van der Waals surface area contributed by atoms with Gasteiger partial charge in [0.1, 0.15) is 12.4 Å². The fraction of sp³-hybridized carbons (Fsp3) is 0.500. The van der Waals surface area contributed by atoms with E-state index in [9.17, 15) is 9.59 Å². The van der Waals surface area contributed by atoms with Crippen molar-refractivity contribution in [1.29, 1.82) is 0 Å². The number of ether oxygens (including phenoxy) is 1. The molecule has 1 unspecified atom stereocenters. The zero-order valence-electron chi connectivity index (χ0n) is 19.0. The molecule has 1 aromatic carbocycles. The van der Waals surface area contributed by atoms with Crippen LogP contribution in [0.1, 0.15) is 44.9 Å². The highest BCUT2D eigenvalue weighted by molar-refractivity contribution is 5.85. The lowest BCUT2D eigenvalue weighted by Gasteiger charge is -2.39. The molecule has 176 valence electrons. The van der Waals surface area contributed by atoms with E-state index in [2.05, 4.69) is 0 Å². The highest BCUT2D eigenvalue weighted by Gasteiger charge is 2.35. The van der Waals surface area contributed by atoms with Gasteiger partial charge in [-0.2, -0.15) is 0 Å². The van der Waals surface area contributed by atoms with Crippen molar-refractivity contribution in [3.8, 4) is 0 Å². The highest BCUT2D eigenvalue weighted by Crippen LogP contribution is 2.24. The van der Waals surface area contributed by atoms with Crippen molar-refractivity contribution in [3.63, 3.8) is 0 Å². The average Bonchev–Trinajstić information content (AvgIpc) is 3.28. The summed E-state index contributed by atoms with van der Waals surface area (Å²) in [6.07, 6.45) is 2.56. The summed E-state index contributed by atoms with van der Waals surface area (Å²) >= 11 is 0. The predicted molar refractivity (Wildman–Crippen MR) is 125 cm³/mol. The van der Waals surface area contributed by atoms with Crippen molar-refractivity contribution < 1.29 is 18.7 Å². The van der Waals surface area contributed by atoms with Gasteiger partial charge in [-0.3, -0.25) is 9.69 Å². The minimum Gasteiger partial charge on any atom is -0.467 e. The maximum atomic E-state index is 13.0.